The number of rotatable bonds is 6. The van der Waals surface area contributed by atoms with Gasteiger partial charge in [-0.1, -0.05) is 19.1 Å². The van der Waals surface area contributed by atoms with Gasteiger partial charge in [0.15, 0.2) is 6.61 Å². The molecule has 2 rings (SSSR count). The average Bonchev–Trinajstić information content (AvgIpc) is 2.98. The molecule has 0 aromatic heterocycles. The van der Waals surface area contributed by atoms with Crippen molar-refractivity contribution < 1.29 is 9.53 Å². The van der Waals surface area contributed by atoms with Crippen molar-refractivity contribution in [2.75, 3.05) is 26.2 Å². The Morgan fingerprint density at radius 2 is 2.15 bits per heavy atom. The fraction of sp³-hybridized carbons (Fsp3) is 0.533. The molecule has 1 aliphatic heterocycles. The smallest absolute Gasteiger partial charge is 0.260 e. The van der Waals surface area contributed by atoms with E-state index in [1.165, 1.54) is 0 Å². The van der Waals surface area contributed by atoms with E-state index in [2.05, 4.69) is 28.2 Å². The topological polar surface area (TPSA) is 41.6 Å². The molecule has 1 fully saturated rings. The first-order valence-electron chi connectivity index (χ1n) is 7.11. The normalized spacial score (nSPS) is 14.6. The Kier molecular flexibility index (Phi) is 5.86. The summed E-state index contributed by atoms with van der Waals surface area (Å²) in [4.78, 5) is 13.9. The van der Waals surface area contributed by atoms with Gasteiger partial charge in [-0.15, -0.1) is 0 Å². The molecule has 0 saturated carbocycles. The molecule has 20 heavy (non-hydrogen) atoms. The highest BCUT2D eigenvalue weighted by Crippen LogP contribution is 2.29. The highest BCUT2D eigenvalue weighted by atomic mass is 79.9. The third-order valence-corrected chi connectivity index (χ3v) is 4.04. The monoisotopic (exact) mass is 340 g/mol. The van der Waals surface area contributed by atoms with E-state index in [9.17, 15) is 4.79 Å². The van der Waals surface area contributed by atoms with Crippen LogP contribution in [-0.2, 0) is 11.3 Å². The largest absolute Gasteiger partial charge is 0.482 e. The van der Waals surface area contributed by atoms with Gasteiger partial charge in [-0.3, -0.25) is 4.79 Å². The lowest BCUT2D eigenvalue weighted by molar-refractivity contribution is -0.132. The maximum atomic E-state index is 12.0. The summed E-state index contributed by atoms with van der Waals surface area (Å²) in [5.74, 6) is 0.841. The fourth-order valence-corrected chi connectivity index (χ4v) is 2.83. The van der Waals surface area contributed by atoms with Crippen molar-refractivity contribution in [1.29, 1.82) is 0 Å². The number of halogens is 1. The molecule has 1 amide bonds. The summed E-state index contributed by atoms with van der Waals surface area (Å²) in [5, 5.41) is 3.28. The molecule has 1 aliphatic rings. The van der Waals surface area contributed by atoms with Crippen LogP contribution in [0, 0.1) is 0 Å². The van der Waals surface area contributed by atoms with E-state index in [4.69, 9.17) is 4.74 Å². The SMILES string of the molecule is CCNCc1cccc(Br)c1OCC(=O)N1CCCC1. The molecule has 1 heterocycles. The maximum Gasteiger partial charge on any atom is 0.260 e. The molecule has 0 radical (unpaired) electrons. The Balaban J connectivity index is 1.98. The lowest BCUT2D eigenvalue weighted by atomic mass is 10.2. The fourth-order valence-electron chi connectivity index (χ4n) is 2.31. The molecule has 0 aliphatic carbocycles. The Bertz CT molecular complexity index is 459. The lowest BCUT2D eigenvalue weighted by Crippen LogP contribution is -2.32. The molecule has 110 valence electrons. The lowest BCUT2D eigenvalue weighted by Gasteiger charge is -2.17. The van der Waals surface area contributed by atoms with E-state index in [0.717, 1.165) is 54.8 Å². The minimum absolute atomic E-state index is 0.0765. The average molecular weight is 341 g/mol. The molecule has 1 aromatic rings. The van der Waals surface area contributed by atoms with Crippen LogP contribution in [-0.4, -0.2) is 37.0 Å². The molecule has 1 saturated heterocycles. The predicted octanol–water partition coefficient (Wildman–Crippen LogP) is 2.56. The minimum atomic E-state index is 0.0765. The second-order valence-electron chi connectivity index (χ2n) is 4.88. The maximum absolute atomic E-state index is 12.0. The number of carbonyl (C=O) groups excluding carboxylic acids is 1. The molecular weight excluding hydrogens is 320 g/mol. The van der Waals surface area contributed by atoms with Crippen molar-refractivity contribution in [3.05, 3.63) is 28.2 Å². The van der Waals surface area contributed by atoms with Crippen molar-refractivity contribution in [2.45, 2.75) is 26.3 Å². The molecule has 0 bridgehead atoms. The van der Waals surface area contributed by atoms with Crippen LogP contribution in [0.1, 0.15) is 25.3 Å². The highest BCUT2D eigenvalue weighted by molar-refractivity contribution is 9.10. The number of amides is 1. The zero-order valence-corrected chi connectivity index (χ0v) is 13.4. The van der Waals surface area contributed by atoms with Crippen LogP contribution in [0.2, 0.25) is 0 Å². The first-order chi connectivity index (χ1) is 9.72. The summed E-state index contributed by atoms with van der Waals surface area (Å²) in [6.07, 6.45) is 2.21. The number of ether oxygens (including phenoxy) is 1. The van der Waals surface area contributed by atoms with Crippen molar-refractivity contribution in [3.63, 3.8) is 0 Å². The number of para-hydroxylation sites is 1. The van der Waals surface area contributed by atoms with Crippen LogP contribution in [0.3, 0.4) is 0 Å². The quantitative estimate of drug-likeness (QED) is 0.865. The van der Waals surface area contributed by atoms with Gasteiger partial charge in [0, 0.05) is 25.2 Å². The molecule has 0 atom stereocenters. The third-order valence-electron chi connectivity index (χ3n) is 3.41. The first kappa shape index (κ1) is 15.3. The summed E-state index contributed by atoms with van der Waals surface area (Å²) in [7, 11) is 0. The molecular formula is C15H21BrN2O2. The van der Waals surface area contributed by atoms with Crippen LogP contribution in [0.15, 0.2) is 22.7 Å². The van der Waals surface area contributed by atoms with E-state index in [0.29, 0.717) is 0 Å². The summed E-state index contributed by atoms with van der Waals surface area (Å²) < 4.78 is 6.65. The summed E-state index contributed by atoms with van der Waals surface area (Å²) in [6, 6.07) is 5.93. The van der Waals surface area contributed by atoms with Gasteiger partial charge < -0.3 is 15.0 Å². The number of hydrogen-bond acceptors (Lipinski definition) is 3. The van der Waals surface area contributed by atoms with Gasteiger partial charge in [-0.05, 0) is 41.4 Å². The second kappa shape index (κ2) is 7.64. The van der Waals surface area contributed by atoms with E-state index < -0.39 is 0 Å². The number of hydrogen-bond donors (Lipinski definition) is 1. The van der Waals surface area contributed by atoms with Gasteiger partial charge in [0.05, 0.1) is 4.47 Å². The summed E-state index contributed by atoms with van der Waals surface area (Å²) in [5.41, 5.74) is 1.07. The van der Waals surface area contributed by atoms with Crippen LogP contribution in [0.4, 0.5) is 0 Å². The second-order valence-corrected chi connectivity index (χ2v) is 5.74. The molecule has 0 unspecified atom stereocenters. The van der Waals surface area contributed by atoms with Crippen LogP contribution < -0.4 is 10.1 Å². The third kappa shape index (κ3) is 3.96. The van der Waals surface area contributed by atoms with Crippen LogP contribution in [0.25, 0.3) is 0 Å². The summed E-state index contributed by atoms with van der Waals surface area (Å²) >= 11 is 3.50. The van der Waals surface area contributed by atoms with Gasteiger partial charge in [-0.2, -0.15) is 0 Å². The van der Waals surface area contributed by atoms with Gasteiger partial charge >= 0.3 is 0 Å². The zero-order chi connectivity index (χ0) is 14.4. The van der Waals surface area contributed by atoms with Gasteiger partial charge in [0.2, 0.25) is 0 Å². The number of likely N-dealkylation sites (tertiary alicyclic amines) is 1. The Morgan fingerprint density at radius 3 is 2.85 bits per heavy atom. The first-order valence-corrected chi connectivity index (χ1v) is 7.90. The van der Waals surface area contributed by atoms with Crippen molar-refractivity contribution in [1.82, 2.24) is 10.2 Å². The minimum Gasteiger partial charge on any atom is -0.482 e. The van der Waals surface area contributed by atoms with Crippen LogP contribution >= 0.6 is 15.9 Å². The van der Waals surface area contributed by atoms with E-state index in [-0.39, 0.29) is 12.5 Å². The van der Waals surface area contributed by atoms with Crippen molar-refractivity contribution >= 4 is 21.8 Å². The molecule has 5 heteroatoms. The number of carbonyl (C=O) groups is 1. The molecule has 0 spiro atoms. The Labute approximate surface area is 128 Å². The number of nitrogens with zero attached hydrogens (tertiary/aromatic N) is 1. The van der Waals surface area contributed by atoms with E-state index in [1.807, 2.05) is 23.1 Å². The molecule has 1 aromatic carbocycles. The van der Waals surface area contributed by atoms with E-state index in [1.54, 1.807) is 0 Å². The number of nitrogens with one attached hydrogen (secondary N) is 1. The zero-order valence-electron chi connectivity index (χ0n) is 11.8. The Morgan fingerprint density at radius 1 is 1.40 bits per heavy atom. The van der Waals surface area contributed by atoms with Gasteiger partial charge in [-0.25, -0.2) is 0 Å². The summed E-state index contributed by atoms with van der Waals surface area (Å²) in [6.45, 7) is 5.55. The number of benzene rings is 1. The van der Waals surface area contributed by atoms with E-state index >= 15 is 0 Å². The van der Waals surface area contributed by atoms with Crippen LogP contribution in [0.5, 0.6) is 5.75 Å². The van der Waals surface area contributed by atoms with Gasteiger partial charge in [0.1, 0.15) is 5.75 Å². The standard InChI is InChI=1S/C15H21BrN2O2/c1-2-17-10-12-6-5-7-13(16)15(12)20-11-14(19)18-8-3-4-9-18/h5-7,17H,2-4,8-11H2,1H3. The van der Waals surface area contributed by atoms with Crippen molar-refractivity contribution in [2.24, 2.45) is 0 Å². The molecule has 4 nitrogen and oxygen atoms in total. The van der Waals surface area contributed by atoms with Crippen molar-refractivity contribution in [3.8, 4) is 5.75 Å². The Hall–Kier alpha value is -1.07. The molecule has 1 N–H and O–H groups in total. The van der Waals surface area contributed by atoms with Gasteiger partial charge in [0.25, 0.3) is 5.91 Å². The predicted molar refractivity (Wildman–Crippen MR) is 82.8 cm³/mol. The highest BCUT2D eigenvalue weighted by Gasteiger charge is 2.19.